The Balaban J connectivity index is 1.65. The molecule has 0 aliphatic carbocycles. The summed E-state index contributed by atoms with van der Waals surface area (Å²) in [7, 11) is 1.55. The zero-order valence-corrected chi connectivity index (χ0v) is 23.2. The summed E-state index contributed by atoms with van der Waals surface area (Å²) in [6, 6.07) is 12.0. The van der Waals surface area contributed by atoms with E-state index in [9.17, 15) is 14.7 Å². The smallest absolute Gasteiger partial charge is 0.296 e. The number of nitrogens with zero attached hydrogens (tertiary/aromatic N) is 2. The first-order valence-corrected chi connectivity index (χ1v) is 14.1. The number of thiazole rings is 1. The van der Waals surface area contributed by atoms with Crippen LogP contribution >= 0.6 is 22.7 Å². The number of aromatic nitrogens is 1. The van der Waals surface area contributed by atoms with E-state index >= 15 is 0 Å². The fraction of sp³-hybridized carbons (Fsp3) is 0.276. The number of hydrogen-bond donors (Lipinski definition) is 1. The number of Topliss-reactive ketones (excluding diaryl/α,β-unsaturated/α-hetero) is 1. The minimum atomic E-state index is -0.891. The van der Waals surface area contributed by atoms with Gasteiger partial charge >= 0.3 is 0 Å². The standard InChI is InChI=1S/C29H28N2O5S2/c1-5-6-11-36-19-10-9-18(15-20(19)35-4)25-23(26(32)21-8-7-12-37-21)27(33)28(34)31(25)29-30-24-17(3)13-16(2)14-22(24)38-29/h7-10,12-15,25,33H,5-6,11H2,1-4H3. The van der Waals surface area contributed by atoms with Gasteiger partial charge < -0.3 is 14.6 Å². The summed E-state index contributed by atoms with van der Waals surface area (Å²) in [5.41, 5.74) is 3.50. The van der Waals surface area contributed by atoms with Crippen molar-refractivity contribution in [3.8, 4) is 11.5 Å². The Hall–Kier alpha value is -3.69. The highest BCUT2D eigenvalue weighted by molar-refractivity contribution is 7.22. The number of aliphatic hydroxyl groups is 1. The molecule has 1 atom stereocenters. The second-order valence-electron chi connectivity index (χ2n) is 9.18. The number of methoxy groups -OCH3 is 1. The number of benzene rings is 2. The molecule has 0 spiro atoms. The van der Waals surface area contributed by atoms with E-state index in [0.717, 1.165) is 34.2 Å². The third-order valence-electron chi connectivity index (χ3n) is 6.48. The van der Waals surface area contributed by atoms with E-state index in [4.69, 9.17) is 14.5 Å². The van der Waals surface area contributed by atoms with E-state index in [1.54, 1.807) is 42.8 Å². The minimum Gasteiger partial charge on any atom is -0.503 e. The molecule has 7 nitrogen and oxygen atoms in total. The van der Waals surface area contributed by atoms with Crippen molar-refractivity contribution in [2.45, 2.75) is 39.7 Å². The maximum Gasteiger partial charge on any atom is 0.296 e. The van der Waals surface area contributed by atoms with Gasteiger partial charge in [0.25, 0.3) is 5.91 Å². The van der Waals surface area contributed by atoms with Gasteiger partial charge in [-0.05, 0) is 66.6 Å². The lowest BCUT2D eigenvalue weighted by atomic mass is 9.95. The molecule has 1 unspecified atom stereocenters. The molecule has 5 rings (SSSR count). The Labute approximate surface area is 229 Å². The third-order valence-corrected chi connectivity index (χ3v) is 8.35. The van der Waals surface area contributed by atoms with Crippen molar-refractivity contribution < 1.29 is 24.2 Å². The molecule has 1 aliphatic heterocycles. The quantitative estimate of drug-likeness (QED) is 0.180. The molecule has 0 saturated carbocycles. The van der Waals surface area contributed by atoms with Crippen molar-refractivity contribution in [1.29, 1.82) is 0 Å². The fourth-order valence-corrected chi connectivity index (χ4v) is 6.50. The molecule has 1 N–H and O–H groups in total. The Kier molecular flexibility index (Phi) is 7.23. The number of fused-ring (bicyclic) bond motifs is 1. The lowest BCUT2D eigenvalue weighted by molar-refractivity contribution is -0.117. The molecule has 2 aromatic carbocycles. The highest BCUT2D eigenvalue weighted by Gasteiger charge is 2.46. The number of aliphatic hydroxyl groups excluding tert-OH is 1. The van der Waals surface area contributed by atoms with Crippen LogP contribution in [0.5, 0.6) is 11.5 Å². The predicted molar refractivity (Wildman–Crippen MR) is 151 cm³/mol. The summed E-state index contributed by atoms with van der Waals surface area (Å²) in [6.07, 6.45) is 1.90. The van der Waals surface area contributed by atoms with Crippen LogP contribution in [0, 0.1) is 13.8 Å². The van der Waals surface area contributed by atoms with Gasteiger partial charge in [-0.1, -0.05) is 42.9 Å². The molecule has 0 fully saturated rings. The summed E-state index contributed by atoms with van der Waals surface area (Å²) in [5, 5.41) is 13.3. The highest BCUT2D eigenvalue weighted by atomic mass is 32.1. The molecule has 4 aromatic rings. The van der Waals surface area contributed by atoms with Gasteiger partial charge in [0, 0.05) is 0 Å². The maximum absolute atomic E-state index is 13.6. The van der Waals surface area contributed by atoms with Crippen molar-refractivity contribution in [2.24, 2.45) is 0 Å². The Bertz CT molecular complexity index is 1550. The number of ketones is 1. The molecule has 0 bridgehead atoms. The lowest BCUT2D eigenvalue weighted by Crippen LogP contribution is -2.31. The monoisotopic (exact) mass is 548 g/mol. The zero-order chi connectivity index (χ0) is 27.0. The minimum absolute atomic E-state index is 0.0197. The SMILES string of the molecule is CCCCOc1ccc(C2C(C(=O)c3cccs3)=C(O)C(=O)N2c2nc3c(C)cc(C)cc3s2)cc1OC. The van der Waals surface area contributed by atoms with Crippen molar-refractivity contribution in [3.05, 3.63) is 80.7 Å². The lowest BCUT2D eigenvalue weighted by Gasteiger charge is -2.25. The Morgan fingerprint density at radius 1 is 1.16 bits per heavy atom. The number of thiophene rings is 1. The van der Waals surface area contributed by atoms with Crippen LogP contribution in [0.1, 0.15) is 52.2 Å². The van der Waals surface area contributed by atoms with Gasteiger partial charge in [0.05, 0.1) is 40.4 Å². The molecule has 9 heteroatoms. The van der Waals surface area contributed by atoms with Gasteiger partial charge in [-0.3, -0.25) is 14.5 Å². The number of carbonyl (C=O) groups is 2. The number of anilines is 1. The number of aryl methyl sites for hydroxylation is 2. The van der Waals surface area contributed by atoms with Crippen molar-refractivity contribution in [2.75, 3.05) is 18.6 Å². The third kappa shape index (κ3) is 4.56. The topological polar surface area (TPSA) is 89.0 Å². The van der Waals surface area contributed by atoms with Gasteiger partial charge in [-0.2, -0.15) is 0 Å². The van der Waals surface area contributed by atoms with E-state index in [2.05, 4.69) is 6.92 Å². The van der Waals surface area contributed by atoms with E-state index in [1.807, 2.05) is 26.0 Å². The van der Waals surface area contributed by atoms with Gasteiger partial charge in [-0.15, -0.1) is 11.3 Å². The van der Waals surface area contributed by atoms with Crippen molar-refractivity contribution >= 4 is 49.7 Å². The van der Waals surface area contributed by atoms with Crippen LogP contribution in [0.25, 0.3) is 10.2 Å². The highest BCUT2D eigenvalue weighted by Crippen LogP contribution is 2.46. The first-order valence-electron chi connectivity index (χ1n) is 12.4. The molecule has 1 amide bonds. The molecule has 2 aromatic heterocycles. The second kappa shape index (κ2) is 10.6. The van der Waals surface area contributed by atoms with Gasteiger partial charge in [0.1, 0.15) is 0 Å². The first kappa shape index (κ1) is 25.9. The van der Waals surface area contributed by atoms with E-state index in [-0.39, 0.29) is 5.57 Å². The first-order chi connectivity index (χ1) is 18.3. The Morgan fingerprint density at radius 2 is 1.97 bits per heavy atom. The molecule has 0 radical (unpaired) electrons. The second-order valence-corrected chi connectivity index (χ2v) is 11.1. The number of rotatable bonds is 9. The summed E-state index contributed by atoms with van der Waals surface area (Å²) in [4.78, 5) is 33.9. The van der Waals surface area contributed by atoms with Crippen LogP contribution in [0.3, 0.4) is 0 Å². The largest absolute Gasteiger partial charge is 0.503 e. The van der Waals surface area contributed by atoms with Crippen molar-refractivity contribution in [3.63, 3.8) is 0 Å². The van der Waals surface area contributed by atoms with Crippen LogP contribution in [0.4, 0.5) is 5.13 Å². The molecule has 38 heavy (non-hydrogen) atoms. The number of ether oxygens (including phenoxy) is 2. The molecule has 0 saturated heterocycles. The average Bonchev–Trinajstić information content (AvgIpc) is 3.63. The van der Waals surface area contributed by atoms with Gasteiger partial charge in [0.15, 0.2) is 22.4 Å². The fourth-order valence-electron chi connectivity index (χ4n) is 4.65. The van der Waals surface area contributed by atoms with Crippen LogP contribution in [-0.2, 0) is 4.79 Å². The van der Waals surface area contributed by atoms with Crippen LogP contribution in [-0.4, -0.2) is 35.5 Å². The molecular weight excluding hydrogens is 520 g/mol. The zero-order valence-electron chi connectivity index (χ0n) is 21.6. The summed E-state index contributed by atoms with van der Waals surface area (Å²) >= 11 is 2.62. The van der Waals surface area contributed by atoms with Crippen LogP contribution in [0.15, 0.2) is 59.2 Å². The van der Waals surface area contributed by atoms with Crippen molar-refractivity contribution in [1.82, 2.24) is 4.98 Å². The van der Waals surface area contributed by atoms with Crippen LogP contribution in [0.2, 0.25) is 0 Å². The average molecular weight is 549 g/mol. The maximum atomic E-state index is 13.6. The van der Waals surface area contributed by atoms with Crippen LogP contribution < -0.4 is 14.4 Å². The van der Waals surface area contributed by atoms with E-state index in [0.29, 0.717) is 33.7 Å². The predicted octanol–water partition coefficient (Wildman–Crippen LogP) is 6.95. The molecular formula is C29H28N2O5S2. The van der Waals surface area contributed by atoms with E-state index < -0.39 is 23.5 Å². The number of unbranched alkanes of at least 4 members (excludes halogenated alkanes) is 1. The summed E-state index contributed by atoms with van der Waals surface area (Å²) in [5.74, 6) is -0.566. The van der Waals surface area contributed by atoms with Gasteiger partial charge in [-0.25, -0.2) is 4.98 Å². The Morgan fingerprint density at radius 3 is 2.68 bits per heavy atom. The summed E-state index contributed by atoms with van der Waals surface area (Å²) < 4.78 is 12.4. The summed E-state index contributed by atoms with van der Waals surface area (Å²) in [6.45, 7) is 6.63. The molecule has 3 heterocycles. The number of hydrogen-bond acceptors (Lipinski definition) is 8. The molecule has 196 valence electrons. The number of carbonyl (C=O) groups excluding carboxylic acids is 2. The number of amides is 1. The molecule has 1 aliphatic rings. The normalized spacial score (nSPS) is 15.5. The van der Waals surface area contributed by atoms with Gasteiger partial charge in [0.2, 0.25) is 5.78 Å². The van der Waals surface area contributed by atoms with E-state index in [1.165, 1.54) is 27.6 Å².